The van der Waals surface area contributed by atoms with Gasteiger partial charge in [-0.1, -0.05) is 99.2 Å². The smallest absolute Gasteiger partial charge is 0.371 e. The second-order valence-corrected chi connectivity index (χ2v) is 14.5. The molecule has 0 amide bonds. The summed E-state index contributed by atoms with van der Waals surface area (Å²) in [6, 6.07) is 22.9. The fourth-order valence-electron chi connectivity index (χ4n) is 4.14. The van der Waals surface area contributed by atoms with Crippen LogP contribution in [0.25, 0.3) is 0 Å². The molecule has 0 saturated heterocycles. The van der Waals surface area contributed by atoms with Crippen molar-refractivity contribution in [3.8, 4) is 0 Å². The van der Waals surface area contributed by atoms with Gasteiger partial charge in [-0.2, -0.15) is 0 Å². The van der Waals surface area contributed by atoms with Gasteiger partial charge >= 0.3 is 17.1 Å². The molecule has 6 heteroatoms. The van der Waals surface area contributed by atoms with Crippen LogP contribution in [0.4, 0.5) is 0 Å². The van der Waals surface area contributed by atoms with Crippen LogP contribution >= 0.6 is 0 Å². The van der Waals surface area contributed by atoms with Crippen molar-refractivity contribution >= 4 is 27.5 Å². The minimum absolute atomic E-state index is 1.00. The molecule has 166 valence electrons. The maximum Gasteiger partial charge on any atom is 0.371 e. The molecular weight excluding hydrogens is 408 g/mol. The standard InChI is InChI=1S/C24H38O4Si2/c1-25-29(26-2,23-17-11-9-12-18-23)21-15-7-5-6-8-16-22-30(27-3,28-4)24-19-13-10-14-20-24/h9-14,17-20H,5-8,15-16,21-22H2,1-4H3. The van der Waals surface area contributed by atoms with Crippen LogP contribution in [0.3, 0.4) is 0 Å². The highest BCUT2D eigenvalue weighted by Gasteiger charge is 2.38. The van der Waals surface area contributed by atoms with E-state index in [1.165, 1.54) is 36.1 Å². The van der Waals surface area contributed by atoms with Crippen molar-refractivity contribution in [2.45, 2.75) is 50.6 Å². The van der Waals surface area contributed by atoms with E-state index in [0.29, 0.717) is 0 Å². The molecule has 0 unspecified atom stereocenters. The van der Waals surface area contributed by atoms with E-state index in [1.807, 2.05) is 12.1 Å². The molecule has 0 atom stereocenters. The van der Waals surface area contributed by atoms with Crippen LogP contribution in [0.2, 0.25) is 12.1 Å². The molecule has 0 aliphatic heterocycles. The maximum absolute atomic E-state index is 5.92. The van der Waals surface area contributed by atoms with Crippen molar-refractivity contribution in [2.75, 3.05) is 28.4 Å². The van der Waals surface area contributed by atoms with E-state index < -0.39 is 17.1 Å². The summed E-state index contributed by atoms with van der Waals surface area (Å²) in [6.45, 7) is 0. The molecule has 0 heterocycles. The van der Waals surface area contributed by atoms with E-state index in [-0.39, 0.29) is 0 Å². The SMILES string of the molecule is CO[Si](CCCCCCCC[Si](OC)(OC)c1ccccc1)(OC)c1ccccc1. The van der Waals surface area contributed by atoms with Gasteiger partial charge in [0.15, 0.2) is 0 Å². The van der Waals surface area contributed by atoms with Crippen LogP contribution in [0, 0.1) is 0 Å². The highest BCUT2D eigenvalue weighted by Crippen LogP contribution is 2.20. The van der Waals surface area contributed by atoms with E-state index in [1.54, 1.807) is 28.4 Å². The normalized spacial score (nSPS) is 12.3. The minimum Gasteiger partial charge on any atom is -0.394 e. The van der Waals surface area contributed by atoms with E-state index in [9.17, 15) is 0 Å². The fourth-order valence-corrected chi connectivity index (χ4v) is 9.64. The zero-order valence-electron chi connectivity index (χ0n) is 19.1. The average Bonchev–Trinajstić information content (AvgIpc) is 2.82. The van der Waals surface area contributed by atoms with Gasteiger partial charge in [-0.3, -0.25) is 0 Å². The first-order chi connectivity index (χ1) is 14.7. The van der Waals surface area contributed by atoms with Crippen molar-refractivity contribution < 1.29 is 17.7 Å². The second-order valence-electron chi connectivity index (χ2n) is 7.68. The molecule has 0 spiro atoms. The highest BCUT2D eigenvalue weighted by molar-refractivity contribution is 6.81. The van der Waals surface area contributed by atoms with Gasteiger partial charge in [-0.15, -0.1) is 0 Å². The number of unbranched alkanes of at least 4 members (excludes halogenated alkanes) is 5. The molecule has 0 N–H and O–H groups in total. The molecule has 0 radical (unpaired) electrons. The third kappa shape index (κ3) is 6.60. The quantitative estimate of drug-likeness (QED) is 0.296. The molecule has 2 rings (SSSR count). The maximum atomic E-state index is 5.92. The summed E-state index contributed by atoms with van der Waals surface area (Å²) in [4.78, 5) is 0. The van der Waals surface area contributed by atoms with E-state index >= 15 is 0 Å². The molecule has 30 heavy (non-hydrogen) atoms. The van der Waals surface area contributed by atoms with Crippen molar-refractivity contribution in [3.05, 3.63) is 60.7 Å². The predicted molar refractivity (Wildman–Crippen MR) is 129 cm³/mol. The topological polar surface area (TPSA) is 36.9 Å². The Bertz CT molecular complexity index is 627. The average molecular weight is 447 g/mol. The Balaban J connectivity index is 1.71. The summed E-state index contributed by atoms with van der Waals surface area (Å²) in [7, 11) is 2.57. The van der Waals surface area contributed by atoms with Gasteiger partial charge < -0.3 is 17.7 Å². The summed E-state index contributed by atoms with van der Waals surface area (Å²) in [5, 5.41) is 2.44. The molecule has 0 bridgehead atoms. The second kappa shape index (κ2) is 13.2. The number of rotatable bonds is 15. The summed E-state index contributed by atoms with van der Waals surface area (Å²) in [5.41, 5.74) is 0. The molecule has 0 aromatic heterocycles. The Hall–Kier alpha value is -1.29. The van der Waals surface area contributed by atoms with Crippen molar-refractivity contribution in [2.24, 2.45) is 0 Å². The molecule has 0 fully saturated rings. The molecule has 2 aromatic rings. The molecule has 0 aliphatic carbocycles. The lowest BCUT2D eigenvalue weighted by Gasteiger charge is -2.28. The molecule has 2 aromatic carbocycles. The van der Waals surface area contributed by atoms with E-state index in [0.717, 1.165) is 24.9 Å². The lowest BCUT2D eigenvalue weighted by atomic mass is 10.1. The molecular formula is C24H38O4Si2. The van der Waals surface area contributed by atoms with E-state index in [2.05, 4.69) is 48.5 Å². The van der Waals surface area contributed by atoms with Gasteiger partial charge in [-0.05, 0) is 22.5 Å². The van der Waals surface area contributed by atoms with Crippen molar-refractivity contribution in [1.82, 2.24) is 0 Å². The zero-order valence-corrected chi connectivity index (χ0v) is 21.1. The highest BCUT2D eigenvalue weighted by atomic mass is 28.4. The van der Waals surface area contributed by atoms with Gasteiger partial charge in [0.1, 0.15) is 0 Å². The molecule has 0 aliphatic rings. The van der Waals surface area contributed by atoms with Gasteiger partial charge in [0, 0.05) is 28.4 Å². The minimum atomic E-state index is -2.29. The summed E-state index contributed by atoms with van der Waals surface area (Å²) >= 11 is 0. The number of hydrogen-bond donors (Lipinski definition) is 0. The number of hydrogen-bond acceptors (Lipinski definition) is 4. The Labute approximate surface area is 185 Å². The molecule has 0 saturated carbocycles. The lowest BCUT2D eigenvalue weighted by molar-refractivity contribution is 0.254. The van der Waals surface area contributed by atoms with Gasteiger partial charge in [-0.25, -0.2) is 0 Å². The van der Waals surface area contributed by atoms with Crippen LogP contribution in [0.5, 0.6) is 0 Å². The summed E-state index contributed by atoms with van der Waals surface area (Å²) in [5.74, 6) is 0. The monoisotopic (exact) mass is 446 g/mol. The third-order valence-electron chi connectivity index (χ3n) is 6.01. The Kier molecular flexibility index (Phi) is 11.0. The summed E-state index contributed by atoms with van der Waals surface area (Å²) < 4.78 is 23.7. The fraction of sp³-hybridized carbons (Fsp3) is 0.500. The third-order valence-corrected chi connectivity index (χ3v) is 13.1. The Morgan fingerprint density at radius 2 is 0.767 bits per heavy atom. The van der Waals surface area contributed by atoms with Crippen LogP contribution in [0.1, 0.15) is 38.5 Å². The Morgan fingerprint density at radius 1 is 0.467 bits per heavy atom. The largest absolute Gasteiger partial charge is 0.394 e. The first kappa shape index (κ1) is 25.0. The van der Waals surface area contributed by atoms with Crippen molar-refractivity contribution in [3.63, 3.8) is 0 Å². The van der Waals surface area contributed by atoms with Crippen LogP contribution in [-0.2, 0) is 17.7 Å². The molecule has 4 nitrogen and oxygen atoms in total. The van der Waals surface area contributed by atoms with Gasteiger partial charge in [0.05, 0.1) is 0 Å². The summed E-state index contributed by atoms with van der Waals surface area (Å²) in [6.07, 6.45) is 7.19. The van der Waals surface area contributed by atoms with Crippen LogP contribution < -0.4 is 10.4 Å². The van der Waals surface area contributed by atoms with E-state index in [4.69, 9.17) is 17.7 Å². The van der Waals surface area contributed by atoms with Gasteiger partial charge in [0.2, 0.25) is 0 Å². The first-order valence-corrected chi connectivity index (χ1v) is 15.0. The Morgan fingerprint density at radius 3 is 1.07 bits per heavy atom. The predicted octanol–water partition coefficient (Wildman–Crippen LogP) is 4.61. The lowest BCUT2D eigenvalue weighted by Crippen LogP contribution is -2.52. The van der Waals surface area contributed by atoms with Crippen molar-refractivity contribution in [1.29, 1.82) is 0 Å². The van der Waals surface area contributed by atoms with Crippen LogP contribution in [0.15, 0.2) is 60.7 Å². The van der Waals surface area contributed by atoms with Crippen LogP contribution in [-0.4, -0.2) is 45.6 Å². The number of benzene rings is 2. The first-order valence-electron chi connectivity index (χ1n) is 11.0. The van der Waals surface area contributed by atoms with Gasteiger partial charge in [0.25, 0.3) is 0 Å². The zero-order chi connectivity index (χ0) is 21.7.